The van der Waals surface area contributed by atoms with Crippen molar-refractivity contribution in [1.82, 2.24) is 0 Å². The molecule has 1 aliphatic heterocycles. The molecule has 2 unspecified atom stereocenters. The summed E-state index contributed by atoms with van der Waals surface area (Å²) in [6, 6.07) is 2.13. The lowest BCUT2D eigenvalue weighted by atomic mass is 9.99. The van der Waals surface area contributed by atoms with E-state index in [-0.39, 0.29) is 12.0 Å². The minimum absolute atomic E-state index is 0.204. The molecule has 1 saturated heterocycles. The van der Waals surface area contributed by atoms with E-state index in [0.717, 1.165) is 0 Å². The Morgan fingerprint density at radius 1 is 1.58 bits per heavy atom. The monoisotopic (exact) mass is 184 g/mol. The Balaban J connectivity index is 2.19. The fraction of sp³-hybridized carbons (Fsp3) is 0.556. The average molecular weight is 184 g/mol. The Kier molecular flexibility index (Phi) is 2.17. The Hall–Kier alpha value is -0.380. The summed E-state index contributed by atoms with van der Waals surface area (Å²) in [7, 11) is 0. The van der Waals surface area contributed by atoms with Crippen molar-refractivity contribution in [3.63, 3.8) is 0 Å². The predicted molar refractivity (Wildman–Crippen MR) is 48.6 cm³/mol. The molecule has 3 heteroatoms. The molecule has 2 atom stereocenters. The van der Waals surface area contributed by atoms with Gasteiger partial charge in [-0.15, -0.1) is 11.3 Å². The molecule has 12 heavy (non-hydrogen) atoms. The average Bonchev–Trinajstić information content (AvgIpc) is 2.58. The lowest BCUT2D eigenvalue weighted by Crippen LogP contribution is -2.14. The lowest BCUT2D eigenvalue weighted by Gasteiger charge is -2.09. The maximum absolute atomic E-state index is 9.53. The molecule has 1 aliphatic rings. The highest BCUT2D eigenvalue weighted by Crippen LogP contribution is 2.28. The standard InChI is InChI=1S/C9H12O2S/c1-6-2-7(5-12-6)8-3-11-4-9(8)10/h2,5,8-10H,3-4H2,1H3. The third kappa shape index (κ3) is 1.40. The van der Waals surface area contributed by atoms with Crippen LogP contribution in [0.1, 0.15) is 16.4 Å². The molecule has 2 rings (SSSR count). The van der Waals surface area contributed by atoms with Crippen LogP contribution >= 0.6 is 11.3 Å². The number of hydrogen-bond acceptors (Lipinski definition) is 3. The van der Waals surface area contributed by atoms with Gasteiger partial charge in [0.25, 0.3) is 0 Å². The second kappa shape index (κ2) is 3.17. The minimum atomic E-state index is -0.306. The molecule has 0 aromatic carbocycles. The van der Waals surface area contributed by atoms with Crippen molar-refractivity contribution in [2.75, 3.05) is 13.2 Å². The minimum Gasteiger partial charge on any atom is -0.390 e. The zero-order valence-corrected chi connectivity index (χ0v) is 7.80. The SMILES string of the molecule is Cc1cc(C2COCC2O)cs1. The number of rotatable bonds is 1. The van der Waals surface area contributed by atoms with E-state index in [4.69, 9.17) is 4.74 Å². The quantitative estimate of drug-likeness (QED) is 0.717. The van der Waals surface area contributed by atoms with Crippen molar-refractivity contribution in [3.05, 3.63) is 21.9 Å². The lowest BCUT2D eigenvalue weighted by molar-refractivity contribution is 0.124. The van der Waals surface area contributed by atoms with Gasteiger partial charge in [-0.2, -0.15) is 0 Å². The number of ether oxygens (including phenoxy) is 1. The van der Waals surface area contributed by atoms with Gasteiger partial charge in [0.2, 0.25) is 0 Å². The first kappa shape index (κ1) is 8.23. The van der Waals surface area contributed by atoms with Crippen molar-refractivity contribution < 1.29 is 9.84 Å². The number of aliphatic hydroxyl groups is 1. The molecule has 1 fully saturated rings. The molecule has 0 amide bonds. The Morgan fingerprint density at radius 3 is 2.92 bits per heavy atom. The summed E-state index contributed by atoms with van der Waals surface area (Å²) in [4.78, 5) is 1.30. The highest BCUT2D eigenvalue weighted by atomic mass is 32.1. The van der Waals surface area contributed by atoms with Crippen LogP contribution in [0.5, 0.6) is 0 Å². The Labute approximate surface area is 75.8 Å². The summed E-state index contributed by atoms with van der Waals surface area (Å²) in [5.74, 6) is 0.204. The molecule has 0 bridgehead atoms. The summed E-state index contributed by atoms with van der Waals surface area (Å²) in [6.45, 7) is 3.23. The van der Waals surface area contributed by atoms with Gasteiger partial charge in [0.1, 0.15) is 0 Å². The maximum atomic E-state index is 9.53. The van der Waals surface area contributed by atoms with Gasteiger partial charge in [-0.05, 0) is 23.9 Å². The van der Waals surface area contributed by atoms with Gasteiger partial charge in [0.05, 0.1) is 19.3 Å². The van der Waals surface area contributed by atoms with Crippen LogP contribution in [0.25, 0.3) is 0 Å². The number of thiophene rings is 1. The first-order valence-electron chi connectivity index (χ1n) is 4.08. The fourth-order valence-corrected chi connectivity index (χ4v) is 2.29. The molecule has 0 radical (unpaired) electrons. The molecule has 1 N–H and O–H groups in total. The Bertz CT molecular complexity index is 269. The van der Waals surface area contributed by atoms with Crippen LogP contribution in [0.15, 0.2) is 11.4 Å². The largest absolute Gasteiger partial charge is 0.390 e. The van der Waals surface area contributed by atoms with E-state index in [1.165, 1.54) is 10.4 Å². The van der Waals surface area contributed by atoms with Gasteiger partial charge < -0.3 is 9.84 Å². The first-order valence-corrected chi connectivity index (χ1v) is 4.96. The van der Waals surface area contributed by atoms with Gasteiger partial charge in [0.15, 0.2) is 0 Å². The smallest absolute Gasteiger partial charge is 0.0864 e. The highest BCUT2D eigenvalue weighted by Gasteiger charge is 2.27. The fourth-order valence-electron chi connectivity index (χ4n) is 1.52. The Morgan fingerprint density at radius 2 is 2.42 bits per heavy atom. The van der Waals surface area contributed by atoms with Crippen molar-refractivity contribution in [1.29, 1.82) is 0 Å². The summed E-state index contributed by atoms with van der Waals surface area (Å²) >= 11 is 1.73. The molecule has 66 valence electrons. The van der Waals surface area contributed by atoms with Crippen molar-refractivity contribution >= 4 is 11.3 Å². The van der Waals surface area contributed by atoms with E-state index in [9.17, 15) is 5.11 Å². The second-order valence-electron chi connectivity index (χ2n) is 3.20. The van der Waals surface area contributed by atoms with Crippen LogP contribution in [-0.4, -0.2) is 24.4 Å². The van der Waals surface area contributed by atoms with Gasteiger partial charge in [-0.25, -0.2) is 0 Å². The molecular formula is C9H12O2S. The van der Waals surface area contributed by atoms with E-state index in [1.807, 2.05) is 0 Å². The molecular weight excluding hydrogens is 172 g/mol. The van der Waals surface area contributed by atoms with Crippen LogP contribution in [0.4, 0.5) is 0 Å². The topological polar surface area (TPSA) is 29.5 Å². The zero-order chi connectivity index (χ0) is 8.55. The zero-order valence-electron chi connectivity index (χ0n) is 6.99. The van der Waals surface area contributed by atoms with Gasteiger partial charge in [-0.3, -0.25) is 0 Å². The van der Waals surface area contributed by atoms with E-state index in [2.05, 4.69) is 18.4 Å². The third-order valence-corrected chi connectivity index (χ3v) is 3.11. The summed E-state index contributed by atoms with van der Waals surface area (Å²) in [5, 5.41) is 11.6. The van der Waals surface area contributed by atoms with Crippen LogP contribution in [0.3, 0.4) is 0 Å². The predicted octanol–water partition coefficient (Wildman–Crippen LogP) is 1.53. The molecule has 0 aliphatic carbocycles. The first-order chi connectivity index (χ1) is 5.77. The third-order valence-electron chi connectivity index (χ3n) is 2.23. The molecule has 2 heterocycles. The van der Waals surface area contributed by atoms with Gasteiger partial charge >= 0.3 is 0 Å². The van der Waals surface area contributed by atoms with Crippen LogP contribution < -0.4 is 0 Å². The summed E-state index contributed by atoms with van der Waals surface area (Å²) in [6.07, 6.45) is -0.306. The van der Waals surface area contributed by atoms with Crippen molar-refractivity contribution in [2.24, 2.45) is 0 Å². The maximum Gasteiger partial charge on any atom is 0.0864 e. The molecule has 0 saturated carbocycles. The molecule has 2 nitrogen and oxygen atoms in total. The van der Waals surface area contributed by atoms with E-state index in [0.29, 0.717) is 13.2 Å². The van der Waals surface area contributed by atoms with Crippen LogP contribution in [0.2, 0.25) is 0 Å². The van der Waals surface area contributed by atoms with E-state index < -0.39 is 0 Å². The number of hydrogen-bond donors (Lipinski definition) is 1. The second-order valence-corrected chi connectivity index (χ2v) is 4.32. The van der Waals surface area contributed by atoms with Crippen molar-refractivity contribution in [3.8, 4) is 0 Å². The molecule has 0 spiro atoms. The van der Waals surface area contributed by atoms with Crippen molar-refractivity contribution in [2.45, 2.75) is 18.9 Å². The van der Waals surface area contributed by atoms with E-state index in [1.54, 1.807) is 11.3 Å². The number of aryl methyl sites for hydroxylation is 1. The van der Waals surface area contributed by atoms with Crippen LogP contribution in [-0.2, 0) is 4.74 Å². The normalized spacial score (nSPS) is 29.5. The van der Waals surface area contributed by atoms with Gasteiger partial charge in [-0.1, -0.05) is 0 Å². The molecule has 1 aromatic heterocycles. The highest BCUT2D eigenvalue weighted by molar-refractivity contribution is 7.10. The van der Waals surface area contributed by atoms with Gasteiger partial charge in [0, 0.05) is 10.8 Å². The summed E-state index contributed by atoms with van der Waals surface area (Å²) < 4.78 is 5.19. The van der Waals surface area contributed by atoms with E-state index >= 15 is 0 Å². The molecule has 1 aromatic rings. The number of aliphatic hydroxyl groups excluding tert-OH is 1. The van der Waals surface area contributed by atoms with Crippen LogP contribution in [0, 0.1) is 6.92 Å². The summed E-state index contributed by atoms with van der Waals surface area (Å²) in [5.41, 5.74) is 1.22.